The molecule has 1 aliphatic heterocycles. The lowest BCUT2D eigenvalue weighted by Crippen LogP contribution is -2.45. The highest BCUT2D eigenvalue weighted by atomic mass is 19.1. The van der Waals surface area contributed by atoms with E-state index in [1.165, 1.54) is 12.0 Å². The number of carbonyl (C=O) groups excluding carboxylic acids is 1. The first-order chi connectivity index (χ1) is 6.15. The molecule has 2 atom stereocenters. The molecule has 0 aromatic rings. The zero-order valence-corrected chi connectivity index (χ0v) is 8.12. The molecule has 0 aromatic heterocycles. The van der Waals surface area contributed by atoms with Crippen LogP contribution in [0, 0.1) is 5.92 Å². The van der Waals surface area contributed by atoms with Crippen molar-refractivity contribution in [2.75, 3.05) is 26.8 Å². The maximum atomic E-state index is 13.2. The molecule has 1 amide bonds. The molecule has 0 radical (unpaired) electrons. The summed E-state index contributed by atoms with van der Waals surface area (Å²) in [6.45, 7) is 2.82. The number of amides is 1. The summed E-state index contributed by atoms with van der Waals surface area (Å²) in [5.74, 6) is -0.0383. The van der Waals surface area contributed by atoms with Crippen molar-refractivity contribution in [1.82, 2.24) is 4.90 Å². The number of hydrogen-bond acceptors (Lipinski definition) is 2. The number of hydrogen-bond donors (Lipinski definition) is 0. The van der Waals surface area contributed by atoms with Crippen LogP contribution in [0.25, 0.3) is 0 Å². The highest BCUT2D eigenvalue weighted by Gasteiger charge is 2.28. The largest absolute Gasteiger partial charge is 0.375 e. The average molecular weight is 189 g/mol. The van der Waals surface area contributed by atoms with Crippen LogP contribution in [0.15, 0.2) is 0 Å². The van der Waals surface area contributed by atoms with Gasteiger partial charge in [0.05, 0.1) is 6.54 Å². The monoisotopic (exact) mass is 189 g/mol. The van der Waals surface area contributed by atoms with Crippen LogP contribution < -0.4 is 0 Å². The predicted molar refractivity (Wildman–Crippen MR) is 47.1 cm³/mol. The molecule has 3 nitrogen and oxygen atoms in total. The van der Waals surface area contributed by atoms with E-state index in [0.29, 0.717) is 6.54 Å². The second-order valence-electron chi connectivity index (χ2n) is 3.55. The Morgan fingerprint density at radius 3 is 2.92 bits per heavy atom. The molecule has 1 heterocycles. The van der Waals surface area contributed by atoms with Crippen molar-refractivity contribution in [1.29, 1.82) is 0 Å². The van der Waals surface area contributed by atoms with Crippen molar-refractivity contribution in [3.63, 3.8) is 0 Å². The first kappa shape index (κ1) is 10.4. The van der Waals surface area contributed by atoms with Gasteiger partial charge in [-0.05, 0) is 12.3 Å². The van der Waals surface area contributed by atoms with Crippen molar-refractivity contribution in [2.45, 2.75) is 19.5 Å². The Morgan fingerprint density at radius 2 is 2.38 bits per heavy atom. The molecule has 0 spiro atoms. The molecule has 76 valence electrons. The van der Waals surface area contributed by atoms with Crippen LogP contribution >= 0.6 is 0 Å². The molecule has 1 saturated heterocycles. The SMILES string of the molecule is COCC(=O)N1CCC(C)C(F)C1. The Labute approximate surface area is 77.9 Å². The molecule has 13 heavy (non-hydrogen) atoms. The van der Waals surface area contributed by atoms with E-state index in [9.17, 15) is 9.18 Å². The predicted octanol–water partition coefficient (Wildman–Crippen LogP) is 0.839. The summed E-state index contributed by atoms with van der Waals surface area (Å²) in [4.78, 5) is 12.8. The molecular weight excluding hydrogens is 173 g/mol. The van der Waals surface area contributed by atoms with Gasteiger partial charge >= 0.3 is 0 Å². The third-order valence-electron chi connectivity index (χ3n) is 2.49. The summed E-state index contributed by atoms with van der Waals surface area (Å²) in [5, 5.41) is 0. The Balaban J connectivity index is 2.40. The maximum Gasteiger partial charge on any atom is 0.248 e. The Morgan fingerprint density at radius 1 is 1.69 bits per heavy atom. The van der Waals surface area contributed by atoms with E-state index >= 15 is 0 Å². The van der Waals surface area contributed by atoms with Crippen LogP contribution in [0.2, 0.25) is 0 Å². The van der Waals surface area contributed by atoms with E-state index in [2.05, 4.69) is 0 Å². The van der Waals surface area contributed by atoms with Gasteiger partial charge in [0.15, 0.2) is 0 Å². The van der Waals surface area contributed by atoms with Crippen molar-refractivity contribution in [3.8, 4) is 0 Å². The van der Waals surface area contributed by atoms with Gasteiger partial charge in [0, 0.05) is 13.7 Å². The number of rotatable bonds is 2. The minimum Gasteiger partial charge on any atom is -0.375 e. The lowest BCUT2D eigenvalue weighted by molar-refractivity contribution is -0.138. The van der Waals surface area contributed by atoms with Gasteiger partial charge in [0.2, 0.25) is 5.91 Å². The average Bonchev–Trinajstić information content (AvgIpc) is 2.10. The number of alkyl halides is 1. The van der Waals surface area contributed by atoms with E-state index in [1.54, 1.807) is 0 Å². The third-order valence-corrected chi connectivity index (χ3v) is 2.49. The van der Waals surface area contributed by atoms with Crippen LogP contribution in [0.4, 0.5) is 4.39 Å². The fourth-order valence-corrected chi connectivity index (χ4v) is 1.46. The van der Waals surface area contributed by atoms with E-state index < -0.39 is 6.17 Å². The smallest absolute Gasteiger partial charge is 0.248 e. The molecule has 0 N–H and O–H groups in total. The lowest BCUT2D eigenvalue weighted by Gasteiger charge is -2.32. The summed E-state index contributed by atoms with van der Waals surface area (Å²) in [7, 11) is 1.47. The second kappa shape index (κ2) is 4.56. The number of nitrogens with zero attached hydrogens (tertiary/aromatic N) is 1. The fourth-order valence-electron chi connectivity index (χ4n) is 1.46. The Kier molecular flexibility index (Phi) is 3.66. The number of piperidine rings is 1. The quantitative estimate of drug-likeness (QED) is 0.644. The van der Waals surface area contributed by atoms with Gasteiger partial charge in [0.1, 0.15) is 12.8 Å². The van der Waals surface area contributed by atoms with Gasteiger partial charge in [-0.25, -0.2) is 4.39 Å². The standard InChI is InChI=1S/C9H16FNO2/c1-7-3-4-11(5-8(7)10)9(12)6-13-2/h7-8H,3-6H2,1-2H3. The van der Waals surface area contributed by atoms with Crippen molar-refractivity contribution in [3.05, 3.63) is 0 Å². The minimum atomic E-state index is -0.880. The summed E-state index contributed by atoms with van der Waals surface area (Å²) >= 11 is 0. The molecule has 4 heteroatoms. The number of methoxy groups -OCH3 is 1. The molecular formula is C9H16FNO2. The number of ether oxygens (including phenoxy) is 1. The summed E-state index contributed by atoms with van der Waals surface area (Å²) in [6.07, 6.45) is -0.133. The van der Waals surface area contributed by atoms with Crippen LogP contribution in [-0.2, 0) is 9.53 Å². The van der Waals surface area contributed by atoms with E-state index in [1.807, 2.05) is 6.92 Å². The summed E-state index contributed by atoms with van der Waals surface area (Å²) < 4.78 is 17.9. The fraction of sp³-hybridized carbons (Fsp3) is 0.889. The van der Waals surface area contributed by atoms with Gasteiger partial charge in [-0.1, -0.05) is 6.92 Å². The highest BCUT2D eigenvalue weighted by molar-refractivity contribution is 5.77. The van der Waals surface area contributed by atoms with E-state index in [4.69, 9.17) is 4.74 Å². The van der Waals surface area contributed by atoms with Gasteiger partial charge in [-0.2, -0.15) is 0 Å². The molecule has 1 rings (SSSR count). The normalized spacial score (nSPS) is 29.0. The van der Waals surface area contributed by atoms with Crippen LogP contribution in [0.1, 0.15) is 13.3 Å². The Hall–Kier alpha value is -0.640. The van der Waals surface area contributed by atoms with Gasteiger partial charge in [-0.15, -0.1) is 0 Å². The maximum absolute atomic E-state index is 13.2. The topological polar surface area (TPSA) is 29.5 Å². The number of likely N-dealkylation sites (tertiary alicyclic amines) is 1. The first-order valence-corrected chi connectivity index (χ1v) is 4.56. The minimum absolute atomic E-state index is 0.0566. The first-order valence-electron chi connectivity index (χ1n) is 4.56. The number of halogens is 1. The molecule has 0 bridgehead atoms. The molecule has 2 unspecified atom stereocenters. The second-order valence-corrected chi connectivity index (χ2v) is 3.55. The van der Waals surface area contributed by atoms with E-state index in [-0.39, 0.29) is 25.0 Å². The molecule has 0 aliphatic carbocycles. The van der Waals surface area contributed by atoms with Crippen LogP contribution in [-0.4, -0.2) is 43.8 Å². The van der Waals surface area contributed by atoms with Crippen molar-refractivity contribution in [2.24, 2.45) is 5.92 Å². The highest BCUT2D eigenvalue weighted by Crippen LogP contribution is 2.19. The molecule has 0 saturated carbocycles. The Bertz CT molecular complexity index is 186. The lowest BCUT2D eigenvalue weighted by atomic mass is 9.97. The molecule has 0 aromatic carbocycles. The van der Waals surface area contributed by atoms with E-state index in [0.717, 1.165) is 6.42 Å². The van der Waals surface area contributed by atoms with Crippen molar-refractivity contribution >= 4 is 5.91 Å². The van der Waals surface area contributed by atoms with Gasteiger partial charge < -0.3 is 9.64 Å². The van der Waals surface area contributed by atoms with Crippen molar-refractivity contribution < 1.29 is 13.9 Å². The zero-order valence-electron chi connectivity index (χ0n) is 8.12. The number of carbonyl (C=O) groups is 1. The summed E-state index contributed by atoms with van der Waals surface area (Å²) in [6, 6.07) is 0. The van der Waals surface area contributed by atoms with Gasteiger partial charge in [-0.3, -0.25) is 4.79 Å². The third kappa shape index (κ3) is 2.66. The molecule has 1 fully saturated rings. The van der Waals surface area contributed by atoms with Crippen LogP contribution in [0.3, 0.4) is 0 Å². The van der Waals surface area contributed by atoms with Crippen LogP contribution in [0.5, 0.6) is 0 Å². The van der Waals surface area contributed by atoms with Gasteiger partial charge in [0.25, 0.3) is 0 Å². The molecule has 1 aliphatic rings. The zero-order chi connectivity index (χ0) is 9.84. The summed E-state index contributed by atoms with van der Waals surface area (Å²) in [5.41, 5.74) is 0.